The van der Waals surface area contributed by atoms with E-state index >= 15 is 0 Å². The smallest absolute Gasteiger partial charge is 0.336 e. The number of aromatic nitrogens is 5. The molecule has 0 aliphatic carbocycles. The van der Waals surface area contributed by atoms with E-state index in [0.717, 1.165) is 48.7 Å². The number of nitrogens with zero attached hydrogens (tertiary/aromatic N) is 6. The van der Waals surface area contributed by atoms with E-state index < -0.39 is 0 Å². The van der Waals surface area contributed by atoms with Gasteiger partial charge in [-0.2, -0.15) is 0 Å². The highest BCUT2D eigenvalue weighted by atomic mass is 16.5. The average Bonchev–Trinajstić information content (AvgIpc) is 3.29. The third-order valence-corrected chi connectivity index (χ3v) is 6.09. The molecule has 1 fully saturated rings. The quantitative estimate of drug-likeness (QED) is 0.513. The summed E-state index contributed by atoms with van der Waals surface area (Å²) < 4.78 is 8.68. The van der Waals surface area contributed by atoms with Crippen LogP contribution in [0.2, 0.25) is 0 Å². The van der Waals surface area contributed by atoms with Crippen molar-refractivity contribution in [2.45, 2.75) is 32.7 Å². The highest BCUT2D eigenvalue weighted by molar-refractivity contribution is 5.89. The third kappa shape index (κ3) is 3.82. The molecule has 9 nitrogen and oxygen atoms in total. The number of hydrogen-bond acceptors (Lipinski definition) is 7. The lowest BCUT2D eigenvalue weighted by Gasteiger charge is -2.29. The van der Waals surface area contributed by atoms with Gasteiger partial charge in [0.2, 0.25) is 0 Å². The molecule has 1 aliphatic rings. The molecule has 0 radical (unpaired) electrons. The Kier molecular flexibility index (Phi) is 5.28. The van der Waals surface area contributed by atoms with Crippen LogP contribution in [0.1, 0.15) is 32.2 Å². The van der Waals surface area contributed by atoms with Crippen molar-refractivity contribution in [2.24, 2.45) is 0 Å². The fourth-order valence-corrected chi connectivity index (χ4v) is 4.31. The highest BCUT2D eigenvalue weighted by Gasteiger charge is 2.26. The van der Waals surface area contributed by atoms with Gasteiger partial charge in [0, 0.05) is 31.6 Å². The van der Waals surface area contributed by atoms with Gasteiger partial charge in [0.1, 0.15) is 17.1 Å². The van der Waals surface area contributed by atoms with Crippen LogP contribution in [0.3, 0.4) is 0 Å². The summed E-state index contributed by atoms with van der Waals surface area (Å²) in [5, 5.41) is 12.1. The largest absolute Gasteiger partial charge is 0.497 e. The summed E-state index contributed by atoms with van der Waals surface area (Å²) in [5.74, 6) is 1.41. The minimum absolute atomic E-state index is 0.164. The predicted molar refractivity (Wildman–Crippen MR) is 128 cm³/mol. The normalized spacial score (nSPS) is 14.8. The summed E-state index contributed by atoms with van der Waals surface area (Å²) in [6, 6.07) is 9.83. The molecule has 0 saturated carbocycles. The first-order valence-corrected chi connectivity index (χ1v) is 11.2. The van der Waals surface area contributed by atoms with Crippen molar-refractivity contribution in [2.75, 3.05) is 38.2 Å². The molecule has 1 saturated heterocycles. The van der Waals surface area contributed by atoms with Crippen LogP contribution in [0.15, 0.2) is 41.3 Å². The summed E-state index contributed by atoms with van der Waals surface area (Å²) in [6.45, 7) is 10.1. The first kappa shape index (κ1) is 21.4. The Balaban J connectivity index is 1.74. The summed E-state index contributed by atoms with van der Waals surface area (Å²) in [7, 11) is 1.64. The topological polar surface area (TPSA) is 89.6 Å². The SMILES string of the molecule is COc1ccc(Cn2c(=O)n3c(C(C)(C)C)nnc3c3ncc(N4CCNCC4)cc32)cc1. The monoisotopic (exact) mass is 447 g/mol. The van der Waals surface area contributed by atoms with Crippen molar-refractivity contribution in [3.05, 3.63) is 58.4 Å². The van der Waals surface area contributed by atoms with Crippen molar-refractivity contribution < 1.29 is 4.74 Å². The van der Waals surface area contributed by atoms with E-state index in [-0.39, 0.29) is 11.1 Å². The van der Waals surface area contributed by atoms with Crippen LogP contribution in [-0.4, -0.2) is 57.4 Å². The van der Waals surface area contributed by atoms with Crippen LogP contribution in [0, 0.1) is 0 Å². The van der Waals surface area contributed by atoms with Gasteiger partial charge in [0.15, 0.2) is 5.65 Å². The number of ether oxygens (including phenoxy) is 1. The fraction of sp³-hybridized carbons (Fsp3) is 0.417. The molecule has 5 rings (SSSR count). The Bertz CT molecular complexity index is 1360. The molecular weight excluding hydrogens is 418 g/mol. The highest BCUT2D eigenvalue weighted by Crippen LogP contribution is 2.26. The van der Waals surface area contributed by atoms with E-state index in [4.69, 9.17) is 9.72 Å². The Morgan fingerprint density at radius 1 is 1.09 bits per heavy atom. The lowest BCUT2D eigenvalue weighted by molar-refractivity contribution is 0.414. The second kappa shape index (κ2) is 8.15. The molecule has 1 aliphatic heterocycles. The number of piperazine rings is 1. The van der Waals surface area contributed by atoms with Gasteiger partial charge in [-0.15, -0.1) is 10.2 Å². The molecule has 4 aromatic rings. The number of benzene rings is 1. The zero-order chi connectivity index (χ0) is 23.2. The predicted octanol–water partition coefficient (Wildman–Crippen LogP) is 2.20. The average molecular weight is 448 g/mol. The molecule has 0 unspecified atom stereocenters. The van der Waals surface area contributed by atoms with Gasteiger partial charge in [-0.25, -0.2) is 14.2 Å². The maximum Gasteiger partial charge on any atom is 0.336 e. The van der Waals surface area contributed by atoms with Crippen LogP contribution < -0.4 is 20.6 Å². The van der Waals surface area contributed by atoms with Crippen LogP contribution >= 0.6 is 0 Å². The molecule has 0 atom stereocenters. The van der Waals surface area contributed by atoms with Gasteiger partial charge in [0.25, 0.3) is 0 Å². The van der Waals surface area contributed by atoms with E-state index in [2.05, 4.69) is 26.5 Å². The fourth-order valence-electron chi connectivity index (χ4n) is 4.31. The third-order valence-electron chi connectivity index (χ3n) is 6.09. The Hall–Kier alpha value is -3.46. The minimum Gasteiger partial charge on any atom is -0.497 e. The van der Waals surface area contributed by atoms with Crippen molar-refractivity contribution in [3.8, 4) is 5.75 Å². The van der Waals surface area contributed by atoms with Crippen LogP contribution in [0.5, 0.6) is 5.75 Å². The Morgan fingerprint density at radius 2 is 1.82 bits per heavy atom. The summed E-state index contributed by atoms with van der Waals surface area (Å²) >= 11 is 0. The number of methoxy groups -OCH3 is 1. The van der Waals surface area contributed by atoms with Crippen molar-refractivity contribution >= 4 is 22.4 Å². The number of nitrogens with one attached hydrogen (secondary N) is 1. The maximum atomic E-state index is 13.9. The second-order valence-corrected chi connectivity index (χ2v) is 9.45. The number of hydrogen-bond donors (Lipinski definition) is 1. The molecule has 0 amide bonds. The zero-order valence-electron chi connectivity index (χ0n) is 19.5. The molecule has 0 spiro atoms. The molecule has 0 bridgehead atoms. The van der Waals surface area contributed by atoms with Crippen LogP contribution in [0.25, 0.3) is 16.7 Å². The van der Waals surface area contributed by atoms with Crippen molar-refractivity contribution in [1.82, 2.24) is 29.5 Å². The minimum atomic E-state index is -0.342. The van der Waals surface area contributed by atoms with Gasteiger partial charge in [-0.3, -0.25) is 4.57 Å². The lowest BCUT2D eigenvalue weighted by Crippen LogP contribution is -2.43. The van der Waals surface area contributed by atoms with E-state index in [1.165, 1.54) is 0 Å². The molecule has 33 heavy (non-hydrogen) atoms. The van der Waals surface area contributed by atoms with Crippen molar-refractivity contribution in [3.63, 3.8) is 0 Å². The molecule has 1 aromatic carbocycles. The second-order valence-electron chi connectivity index (χ2n) is 9.45. The first-order chi connectivity index (χ1) is 15.9. The number of pyridine rings is 1. The molecule has 1 N–H and O–H groups in total. The van der Waals surface area contributed by atoms with E-state index in [1.807, 2.05) is 51.2 Å². The van der Waals surface area contributed by atoms with Crippen LogP contribution in [-0.2, 0) is 12.0 Å². The van der Waals surface area contributed by atoms with Crippen molar-refractivity contribution in [1.29, 1.82) is 0 Å². The molecule has 9 heteroatoms. The van der Waals surface area contributed by atoms with E-state index in [1.54, 1.807) is 16.1 Å². The summed E-state index contributed by atoms with van der Waals surface area (Å²) in [5.41, 5.74) is 3.42. The maximum absolute atomic E-state index is 13.9. The molecule has 172 valence electrons. The summed E-state index contributed by atoms with van der Waals surface area (Å²) in [4.78, 5) is 20.9. The van der Waals surface area contributed by atoms with Gasteiger partial charge in [0.05, 0.1) is 31.1 Å². The van der Waals surface area contributed by atoms with Gasteiger partial charge < -0.3 is 15.0 Å². The Labute approximate surface area is 192 Å². The molecule has 3 aromatic heterocycles. The summed E-state index contributed by atoms with van der Waals surface area (Å²) in [6.07, 6.45) is 1.88. The standard InChI is InChI=1S/C24H29N7O2/c1-24(2,3)22-28-27-21-20-19(13-17(14-26-20)29-11-9-25-10-12-29)30(23(32)31(21)22)15-16-5-7-18(33-4)8-6-16/h5-8,13-14,25H,9-12,15H2,1-4H3. The van der Waals surface area contributed by atoms with Gasteiger partial charge in [-0.05, 0) is 23.8 Å². The van der Waals surface area contributed by atoms with E-state index in [9.17, 15) is 4.79 Å². The van der Waals surface area contributed by atoms with E-state index in [0.29, 0.717) is 23.5 Å². The lowest BCUT2D eigenvalue weighted by atomic mass is 9.96. The molecule has 4 heterocycles. The first-order valence-electron chi connectivity index (χ1n) is 11.2. The van der Waals surface area contributed by atoms with Crippen LogP contribution in [0.4, 0.5) is 5.69 Å². The molecular formula is C24H29N7O2. The van der Waals surface area contributed by atoms with Gasteiger partial charge >= 0.3 is 5.69 Å². The number of fused-ring (bicyclic) bond motifs is 3. The van der Waals surface area contributed by atoms with Gasteiger partial charge in [-0.1, -0.05) is 32.9 Å². The number of rotatable bonds is 4. The zero-order valence-corrected chi connectivity index (χ0v) is 19.5. The number of anilines is 1. The Morgan fingerprint density at radius 3 is 2.48 bits per heavy atom.